The average Bonchev–Trinajstić information content (AvgIpc) is 3.87. The van der Waals surface area contributed by atoms with Crippen molar-refractivity contribution in [3.8, 4) is 17.0 Å². The van der Waals surface area contributed by atoms with Gasteiger partial charge < -0.3 is 29.4 Å². The van der Waals surface area contributed by atoms with E-state index in [1.54, 1.807) is 10.9 Å². The lowest BCUT2D eigenvalue weighted by molar-refractivity contribution is -0.152. The summed E-state index contributed by atoms with van der Waals surface area (Å²) in [6.07, 6.45) is 8.23. The van der Waals surface area contributed by atoms with Crippen LogP contribution in [-0.2, 0) is 14.2 Å². The number of nitrogens with zero attached hydrogens (tertiary/aromatic N) is 5. The number of pyridine rings is 1. The van der Waals surface area contributed by atoms with Gasteiger partial charge in [-0.25, -0.2) is 29.5 Å². The molecule has 2 fully saturated rings. The van der Waals surface area contributed by atoms with Crippen LogP contribution in [-0.4, -0.2) is 66.5 Å². The molecule has 5 unspecified atom stereocenters. The van der Waals surface area contributed by atoms with Gasteiger partial charge in [0, 0.05) is 17.5 Å². The van der Waals surface area contributed by atoms with Gasteiger partial charge >= 0.3 is 12.0 Å². The minimum atomic E-state index is -1.16. The summed E-state index contributed by atoms with van der Waals surface area (Å²) in [6, 6.07) is 20.4. The first-order valence-electron chi connectivity index (χ1n) is 16.1. The van der Waals surface area contributed by atoms with E-state index in [1.165, 1.54) is 24.7 Å². The molecule has 1 aliphatic carbocycles. The van der Waals surface area contributed by atoms with Crippen LogP contribution in [0.2, 0.25) is 0 Å². The molecule has 3 aliphatic rings. The highest BCUT2D eigenvalue weighted by Crippen LogP contribution is 2.45. The molecule has 2 amide bonds. The zero-order chi connectivity index (χ0) is 34.0. The predicted molar refractivity (Wildman–Crippen MR) is 179 cm³/mol. The summed E-state index contributed by atoms with van der Waals surface area (Å²) in [7, 11) is 0. The number of hydrogen-bond donors (Lipinski definition) is 3. The molecule has 3 aromatic heterocycles. The fourth-order valence-corrected chi connectivity index (χ4v) is 6.30. The Labute approximate surface area is 285 Å². The Kier molecular flexibility index (Phi) is 8.46. The van der Waals surface area contributed by atoms with E-state index in [2.05, 4.69) is 30.6 Å². The van der Waals surface area contributed by atoms with Gasteiger partial charge in [-0.15, -0.1) is 0 Å². The number of amides is 2. The lowest BCUT2D eigenvalue weighted by Gasteiger charge is -2.22. The standard InChI is InChI=1S/C36H31N7O7/c44-34(45)25-15-8-16-37-32(25)47-18-26-28-29(50-35(49-28)23-12-7-11-22(17-23)21-9-3-1-4-10-21)33(48-26)43-20-40-27-30(38-19-39-31(27)43)42-36(46)41-24-13-5-2-6-14-24/h1-5,7-13,15-17,19-20,26,28-29,33,35H,6,14,18H2,(H,44,45)(H2,38,39,41,42,46). The highest BCUT2D eigenvalue weighted by Gasteiger charge is 2.54. The van der Waals surface area contributed by atoms with Gasteiger partial charge in [-0.1, -0.05) is 60.7 Å². The molecule has 50 heavy (non-hydrogen) atoms. The maximum atomic E-state index is 12.8. The second kappa shape index (κ2) is 13.5. The molecular formula is C36H31N7O7. The molecule has 2 aliphatic heterocycles. The largest absolute Gasteiger partial charge is 0.477 e. The van der Waals surface area contributed by atoms with Crippen molar-refractivity contribution in [3.63, 3.8) is 0 Å². The Morgan fingerprint density at radius 2 is 1.78 bits per heavy atom. The number of allylic oxidation sites excluding steroid dienone is 4. The van der Waals surface area contributed by atoms with E-state index in [4.69, 9.17) is 18.9 Å². The normalized spacial score (nSPS) is 22.6. The number of aromatic carboxylic acids is 1. The molecule has 2 aromatic carbocycles. The van der Waals surface area contributed by atoms with Crippen molar-refractivity contribution in [1.29, 1.82) is 0 Å². The Hall–Kier alpha value is -5.96. The van der Waals surface area contributed by atoms with Crippen LogP contribution in [0.4, 0.5) is 10.6 Å². The van der Waals surface area contributed by atoms with E-state index in [0.717, 1.165) is 35.2 Å². The van der Waals surface area contributed by atoms with Crippen molar-refractivity contribution in [3.05, 3.63) is 121 Å². The fraction of sp³-hybridized carbons (Fsp3) is 0.222. The number of urea groups is 1. The summed E-state index contributed by atoms with van der Waals surface area (Å²) in [5.41, 5.74) is 4.35. The number of benzene rings is 2. The molecule has 0 saturated carbocycles. The van der Waals surface area contributed by atoms with Gasteiger partial charge in [-0.05, 0) is 48.2 Å². The molecule has 14 nitrogen and oxygen atoms in total. The molecular weight excluding hydrogens is 642 g/mol. The van der Waals surface area contributed by atoms with Gasteiger partial charge in [0.1, 0.15) is 36.8 Å². The number of nitrogens with one attached hydrogen (secondary N) is 2. The first kappa shape index (κ1) is 31.3. The van der Waals surface area contributed by atoms with Gasteiger partial charge in [0.15, 0.2) is 29.5 Å². The van der Waals surface area contributed by atoms with Crippen LogP contribution in [0, 0.1) is 0 Å². The third kappa shape index (κ3) is 6.18. The monoisotopic (exact) mass is 673 g/mol. The molecule has 0 bridgehead atoms. The Morgan fingerprint density at radius 3 is 2.62 bits per heavy atom. The van der Waals surface area contributed by atoms with Gasteiger partial charge in [0.2, 0.25) is 5.88 Å². The Morgan fingerprint density at radius 1 is 0.920 bits per heavy atom. The number of carbonyl (C=O) groups excluding carboxylic acids is 1. The molecule has 8 rings (SSSR count). The first-order valence-corrected chi connectivity index (χ1v) is 16.1. The molecule has 5 heterocycles. The molecule has 2 saturated heterocycles. The van der Waals surface area contributed by atoms with Crippen LogP contribution in [0.3, 0.4) is 0 Å². The van der Waals surface area contributed by atoms with Crippen LogP contribution >= 0.6 is 0 Å². The molecule has 0 radical (unpaired) electrons. The Bertz CT molecular complexity index is 2120. The summed E-state index contributed by atoms with van der Waals surface area (Å²) >= 11 is 0. The van der Waals surface area contributed by atoms with Crippen molar-refractivity contribution < 1.29 is 33.6 Å². The third-order valence-corrected chi connectivity index (χ3v) is 8.65. The number of imidazole rings is 1. The molecule has 252 valence electrons. The number of fused-ring (bicyclic) bond motifs is 2. The van der Waals surface area contributed by atoms with E-state index >= 15 is 0 Å². The molecule has 5 aromatic rings. The summed E-state index contributed by atoms with van der Waals surface area (Å²) < 4.78 is 27.2. The third-order valence-electron chi connectivity index (χ3n) is 8.65. The highest BCUT2D eigenvalue weighted by atomic mass is 16.8. The molecule has 14 heteroatoms. The number of rotatable bonds is 9. The smallest absolute Gasteiger partial charge is 0.341 e. The van der Waals surface area contributed by atoms with Crippen molar-refractivity contribution in [2.24, 2.45) is 0 Å². The van der Waals surface area contributed by atoms with Crippen LogP contribution in [0.15, 0.2) is 110 Å². The van der Waals surface area contributed by atoms with Gasteiger partial charge in [0.25, 0.3) is 0 Å². The van der Waals surface area contributed by atoms with Crippen LogP contribution in [0.25, 0.3) is 22.3 Å². The van der Waals surface area contributed by atoms with Gasteiger partial charge in [-0.3, -0.25) is 9.88 Å². The molecule has 3 N–H and O–H groups in total. The lowest BCUT2D eigenvalue weighted by Crippen LogP contribution is -2.33. The Balaban J connectivity index is 1.08. The minimum absolute atomic E-state index is 0.0375. The SMILES string of the molecule is O=C(NC1=CC=CCC1)Nc1ncnc2c1ncn2C1OC(COc2ncccc2C(=O)O)C2OC(c3cccc(-c4ccccc4)c3)OC21. The van der Waals surface area contributed by atoms with E-state index in [-0.39, 0.29) is 23.9 Å². The number of ether oxygens (including phenoxy) is 4. The summed E-state index contributed by atoms with van der Waals surface area (Å²) in [6.45, 7) is -0.0747. The zero-order valence-electron chi connectivity index (χ0n) is 26.5. The maximum Gasteiger partial charge on any atom is 0.341 e. The minimum Gasteiger partial charge on any atom is -0.477 e. The zero-order valence-corrected chi connectivity index (χ0v) is 26.5. The van der Waals surface area contributed by atoms with Gasteiger partial charge in [0.05, 0.1) is 6.33 Å². The number of hydrogen-bond acceptors (Lipinski definition) is 10. The van der Waals surface area contributed by atoms with E-state index in [0.29, 0.717) is 11.2 Å². The van der Waals surface area contributed by atoms with Crippen molar-refractivity contribution >= 4 is 29.0 Å². The predicted octanol–water partition coefficient (Wildman–Crippen LogP) is 5.40. The number of carbonyl (C=O) groups is 2. The first-order chi connectivity index (χ1) is 24.5. The second-order valence-corrected chi connectivity index (χ2v) is 11.8. The van der Waals surface area contributed by atoms with Crippen LogP contribution in [0.5, 0.6) is 5.88 Å². The van der Waals surface area contributed by atoms with Crippen molar-refractivity contribution in [2.75, 3.05) is 11.9 Å². The van der Waals surface area contributed by atoms with E-state index in [1.807, 2.05) is 72.8 Å². The number of carboxylic acid groups (broad SMARTS) is 1. The topological polar surface area (TPSA) is 172 Å². The molecule has 0 spiro atoms. The van der Waals surface area contributed by atoms with Crippen LogP contribution in [0.1, 0.15) is 41.3 Å². The number of anilines is 1. The highest BCUT2D eigenvalue weighted by molar-refractivity contribution is 5.96. The van der Waals surface area contributed by atoms with E-state index in [9.17, 15) is 14.7 Å². The summed E-state index contributed by atoms with van der Waals surface area (Å²) in [4.78, 5) is 42.0. The van der Waals surface area contributed by atoms with E-state index < -0.39 is 42.8 Å². The van der Waals surface area contributed by atoms with Crippen LogP contribution < -0.4 is 15.4 Å². The maximum absolute atomic E-state index is 12.8. The average molecular weight is 674 g/mol. The van der Waals surface area contributed by atoms with Crippen molar-refractivity contribution in [2.45, 2.75) is 43.7 Å². The van der Waals surface area contributed by atoms with Crippen molar-refractivity contribution in [1.82, 2.24) is 29.8 Å². The number of aromatic nitrogens is 5. The lowest BCUT2D eigenvalue weighted by atomic mass is 10.0. The second-order valence-electron chi connectivity index (χ2n) is 11.8. The fourth-order valence-electron chi connectivity index (χ4n) is 6.30. The molecule has 5 atom stereocenters. The van der Waals surface area contributed by atoms with Gasteiger partial charge in [-0.2, -0.15) is 0 Å². The summed E-state index contributed by atoms with van der Waals surface area (Å²) in [5.74, 6) is -0.974. The quantitative estimate of drug-likeness (QED) is 0.183. The summed E-state index contributed by atoms with van der Waals surface area (Å²) in [5, 5.41) is 15.3. The number of carboxylic acids is 1.